The molecule has 2 aliphatic rings. The monoisotopic (exact) mass is 329 g/mol. The molecule has 0 radical (unpaired) electrons. The fourth-order valence-corrected chi connectivity index (χ4v) is 4.31. The van der Waals surface area contributed by atoms with Crippen molar-refractivity contribution in [2.45, 2.75) is 44.3 Å². The van der Waals surface area contributed by atoms with Crippen LogP contribution < -0.4 is 5.76 Å². The summed E-state index contributed by atoms with van der Waals surface area (Å²) in [6.07, 6.45) is 4.45. The molecule has 1 amide bonds. The van der Waals surface area contributed by atoms with Crippen molar-refractivity contribution in [3.8, 4) is 0 Å². The number of fused-ring (bicyclic) bond motifs is 1. The van der Waals surface area contributed by atoms with Crippen molar-refractivity contribution < 1.29 is 9.21 Å². The first kappa shape index (κ1) is 15.4. The molecule has 1 aromatic heterocycles. The zero-order valence-electron chi connectivity index (χ0n) is 14.0. The van der Waals surface area contributed by atoms with E-state index in [0.717, 1.165) is 32.4 Å². The number of amides is 1. The number of carbonyl (C=O) groups excluding carboxylic acids is 1. The topological polar surface area (TPSA) is 58.7 Å². The predicted molar refractivity (Wildman–Crippen MR) is 90.9 cm³/mol. The number of oxazole rings is 1. The van der Waals surface area contributed by atoms with Crippen molar-refractivity contribution in [2.75, 3.05) is 20.1 Å². The molecule has 2 atom stereocenters. The third-order valence-corrected chi connectivity index (χ3v) is 5.51. The normalized spacial score (nSPS) is 25.0. The van der Waals surface area contributed by atoms with Gasteiger partial charge in [0.2, 0.25) is 5.91 Å². The fraction of sp³-hybridized carbons (Fsp3) is 0.556. The summed E-state index contributed by atoms with van der Waals surface area (Å²) >= 11 is 0. The van der Waals surface area contributed by atoms with Crippen LogP contribution in [-0.2, 0) is 11.3 Å². The second-order valence-corrected chi connectivity index (χ2v) is 6.91. The summed E-state index contributed by atoms with van der Waals surface area (Å²) in [5, 5.41) is 0. The molecular formula is C18H23N3O3. The number of aromatic nitrogens is 1. The van der Waals surface area contributed by atoms with Crippen LogP contribution in [0.4, 0.5) is 0 Å². The highest BCUT2D eigenvalue weighted by Crippen LogP contribution is 2.29. The van der Waals surface area contributed by atoms with Crippen LogP contribution in [-0.4, -0.2) is 52.5 Å². The SMILES string of the molecule is CN1CCC[C@@H]1[C@H]1CCCN1C(=O)Cn1c(=O)oc2ccccc21. The first-order valence-corrected chi connectivity index (χ1v) is 8.73. The number of benzene rings is 1. The van der Waals surface area contributed by atoms with Crippen molar-refractivity contribution in [3.63, 3.8) is 0 Å². The predicted octanol–water partition coefficient (Wildman–Crippen LogP) is 1.68. The number of hydrogen-bond acceptors (Lipinski definition) is 4. The Hall–Kier alpha value is -2.08. The van der Waals surface area contributed by atoms with E-state index in [1.165, 1.54) is 11.0 Å². The van der Waals surface area contributed by atoms with E-state index in [1.807, 2.05) is 23.1 Å². The minimum Gasteiger partial charge on any atom is -0.408 e. The molecule has 1 aromatic carbocycles. The maximum atomic E-state index is 12.9. The molecule has 128 valence electrons. The molecule has 0 spiro atoms. The summed E-state index contributed by atoms with van der Waals surface area (Å²) in [4.78, 5) is 29.3. The van der Waals surface area contributed by atoms with Gasteiger partial charge in [-0.05, 0) is 51.4 Å². The van der Waals surface area contributed by atoms with E-state index in [2.05, 4.69) is 11.9 Å². The van der Waals surface area contributed by atoms with Gasteiger partial charge in [0, 0.05) is 18.6 Å². The minimum absolute atomic E-state index is 0.0199. The molecule has 0 bridgehead atoms. The van der Waals surface area contributed by atoms with Crippen molar-refractivity contribution in [1.82, 2.24) is 14.4 Å². The Morgan fingerprint density at radius 2 is 1.92 bits per heavy atom. The van der Waals surface area contributed by atoms with Crippen molar-refractivity contribution >= 4 is 17.0 Å². The van der Waals surface area contributed by atoms with E-state index in [0.29, 0.717) is 17.1 Å². The van der Waals surface area contributed by atoms with Crippen LogP contribution in [0, 0.1) is 0 Å². The van der Waals surface area contributed by atoms with Crippen molar-refractivity contribution in [1.29, 1.82) is 0 Å². The Morgan fingerprint density at radius 1 is 1.17 bits per heavy atom. The molecule has 2 aromatic rings. The number of nitrogens with zero attached hydrogens (tertiary/aromatic N) is 3. The van der Waals surface area contributed by atoms with E-state index in [1.54, 1.807) is 6.07 Å². The lowest BCUT2D eigenvalue weighted by Crippen LogP contribution is -2.48. The maximum Gasteiger partial charge on any atom is 0.420 e. The molecule has 6 nitrogen and oxygen atoms in total. The van der Waals surface area contributed by atoms with Gasteiger partial charge in [-0.3, -0.25) is 9.36 Å². The number of likely N-dealkylation sites (tertiary alicyclic amines) is 2. The number of rotatable bonds is 3. The van der Waals surface area contributed by atoms with Crippen molar-refractivity contribution in [2.24, 2.45) is 0 Å². The average Bonchev–Trinajstić information content (AvgIpc) is 3.27. The zero-order chi connectivity index (χ0) is 16.7. The molecule has 2 aliphatic heterocycles. The van der Waals surface area contributed by atoms with E-state index < -0.39 is 5.76 Å². The first-order valence-electron chi connectivity index (χ1n) is 8.73. The number of carbonyl (C=O) groups is 1. The standard InChI is InChI=1S/C18H23N3O3/c1-19-10-4-7-13(19)14-8-5-11-20(14)17(22)12-21-15-6-2-3-9-16(15)24-18(21)23/h2-3,6,9,13-14H,4-5,7-8,10-12H2,1H3/t13-,14-/m1/s1. The highest BCUT2D eigenvalue weighted by molar-refractivity contribution is 5.80. The Balaban J connectivity index is 1.57. The van der Waals surface area contributed by atoms with Crippen LogP contribution in [0.2, 0.25) is 0 Å². The summed E-state index contributed by atoms with van der Waals surface area (Å²) in [5.41, 5.74) is 1.22. The Kier molecular flexibility index (Phi) is 3.92. The molecule has 2 fully saturated rings. The van der Waals surface area contributed by atoms with Gasteiger partial charge >= 0.3 is 5.76 Å². The summed E-state index contributed by atoms with van der Waals surface area (Å²) in [6.45, 7) is 1.95. The first-order chi connectivity index (χ1) is 11.6. The van der Waals surface area contributed by atoms with Gasteiger partial charge in [-0.2, -0.15) is 0 Å². The molecule has 0 unspecified atom stereocenters. The van der Waals surface area contributed by atoms with Crippen molar-refractivity contribution in [3.05, 3.63) is 34.8 Å². The lowest BCUT2D eigenvalue weighted by Gasteiger charge is -2.33. The molecule has 0 saturated carbocycles. The van der Waals surface area contributed by atoms with Crippen LogP contribution in [0.5, 0.6) is 0 Å². The Labute approximate surface area is 140 Å². The third kappa shape index (κ3) is 2.55. The van der Waals surface area contributed by atoms with E-state index in [4.69, 9.17) is 4.42 Å². The van der Waals surface area contributed by atoms with Crippen LogP contribution in [0.3, 0.4) is 0 Å². The van der Waals surface area contributed by atoms with E-state index >= 15 is 0 Å². The highest BCUT2D eigenvalue weighted by atomic mass is 16.4. The summed E-state index contributed by atoms with van der Waals surface area (Å²) in [6, 6.07) is 7.98. The summed E-state index contributed by atoms with van der Waals surface area (Å²) < 4.78 is 6.68. The lowest BCUT2D eigenvalue weighted by atomic mass is 10.0. The molecular weight excluding hydrogens is 306 g/mol. The van der Waals surface area contributed by atoms with Gasteiger partial charge in [-0.15, -0.1) is 0 Å². The third-order valence-electron chi connectivity index (χ3n) is 5.51. The second kappa shape index (κ2) is 6.09. The number of para-hydroxylation sites is 2. The quantitative estimate of drug-likeness (QED) is 0.860. The lowest BCUT2D eigenvalue weighted by molar-refractivity contribution is -0.133. The Morgan fingerprint density at radius 3 is 2.71 bits per heavy atom. The maximum absolute atomic E-state index is 12.9. The number of likely N-dealkylation sites (N-methyl/N-ethyl adjacent to an activating group) is 1. The van der Waals surface area contributed by atoms with Crippen LogP contribution in [0.15, 0.2) is 33.5 Å². The fourth-order valence-electron chi connectivity index (χ4n) is 4.31. The van der Waals surface area contributed by atoms with E-state index in [9.17, 15) is 9.59 Å². The van der Waals surface area contributed by atoms with Gasteiger partial charge in [-0.25, -0.2) is 4.79 Å². The van der Waals surface area contributed by atoms with Gasteiger partial charge in [0.15, 0.2) is 5.58 Å². The summed E-state index contributed by atoms with van der Waals surface area (Å²) in [5.74, 6) is -0.440. The van der Waals surface area contributed by atoms with Gasteiger partial charge < -0.3 is 14.2 Å². The van der Waals surface area contributed by atoms with Crippen LogP contribution in [0.1, 0.15) is 25.7 Å². The van der Waals surface area contributed by atoms with Gasteiger partial charge in [0.25, 0.3) is 0 Å². The summed E-state index contributed by atoms with van der Waals surface area (Å²) in [7, 11) is 2.15. The van der Waals surface area contributed by atoms with Crippen LogP contribution >= 0.6 is 0 Å². The molecule has 2 saturated heterocycles. The Bertz CT molecular complexity index is 809. The second-order valence-electron chi connectivity index (χ2n) is 6.91. The molecule has 3 heterocycles. The van der Waals surface area contributed by atoms with Crippen LogP contribution in [0.25, 0.3) is 11.1 Å². The van der Waals surface area contributed by atoms with E-state index in [-0.39, 0.29) is 18.5 Å². The van der Waals surface area contributed by atoms with Gasteiger partial charge in [0.05, 0.1) is 5.52 Å². The number of hydrogen-bond donors (Lipinski definition) is 0. The highest BCUT2D eigenvalue weighted by Gasteiger charge is 2.38. The zero-order valence-corrected chi connectivity index (χ0v) is 14.0. The molecule has 0 N–H and O–H groups in total. The molecule has 0 aliphatic carbocycles. The smallest absolute Gasteiger partial charge is 0.408 e. The van der Waals surface area contributed by atoms with Gasteiger partial charge in [0.1, 0.15) is 6.54 Å². The average molecular weight is 329 g/mol. The molecule has 24 heavy (non-hydrogen) atoms. The molecule has 4 rings (SSSR count). The largest absolute Gasteiger partial charge is 0.420 e. The molecule has 6 heteroatoms. The van der Waals surface area contributed by atoms with Gasteiger partial charge in [-0.1, -0.05) is 12.1 Å². The minimum atomic E-state index is -0.460.